The van der Waals surface area contributed by atoms with E-state index in [2.05, 4.69) is 11.6 Å². The second-order valence-corrected chi connectivity index (χ2v) is 3.51. The summed E-state index contributed by atoms with van der Waals surface area (Å²) in [6.07, 6.45) is 2.94. The van der Waals surface area contributed by atoms with Gasteiger partial charge in [-0.25, -0.2) is 0 Å². The summed E-state index contributed by atoms with van der Waals surface area (Å²) < 4.78 is 0. The maximum Gasteiger partial charge on any atom is 0.377 e. The number of aromatic nitrogens is 1. The summed E-state index contributed by atoms with van der Waals surface area (Å²) in [5.74, 6) is 0.428. The van der Waals surface area contributed by atoms with Gasteiger partial charge in [0.2, 0.25) is 0 Å². The molecule has 2 N–H and O–H groups in total. The number of thioether (sulfide) groups is 1. The van der Waals surface area contributed by atoms with Crippen LogP contribution in [0.15, 0.2) is 29.8 Å². The number of nitrogens with two attached hydrogens (primary N) is 1. The zero-order chi connectivity index (χ0) is 10.6. The fraction of sp³-hybridized carbons (Fsp3) is 0.125. The van der Waals surface area contributed by atoms with Crippen molar-refractivity contribution >= 4 is 23.3 Å². The average Bonchev–Trinajstić information content (AvgIpc) is 2.14. The summed E-state index contributed by atoms with van der Waals surface area (Å²) in [6.45, 7) is 3.53. The lowest BCUT2D eigenvalue weighted by Gasteiger charge is -2.00. The van der Waals surface area contributed by atoms with Crippen LogP contribution in [0.3, 0.4) is 0 Å². The normalized spacial score (nSPS) is 9.71. The molecule has 0 aliphatic rings. The van der Waals surface area contributed by atoms with Crippen LogP contribution in [0.25, 0.3) is 0 Å². The Kier molecular flexibility index (Phi) is 3.47. The molecule has 0 spiro atoms. The van der Waals surface area contributed by atoms with Crippen LogP contribution in [0.1, 0.15) is 0 Å². The molecule has 0 bridgehead atoms. The van der Waals surface area contributed by atoms with Crippen LogP contribution >= 0.6 is 11.8 Å². The first-order valence-electron chi connectivity index (χ1n) is 3.78. The first kappa shape index (κ1) is 10.5. The van der Waals surface area contributed by atoms with Crippen molar-refractivity contribution in [2.45, 2.75) is 4.90 Å². The van der Waals surface area contributed by atoms with E-state index in [0.29, 0.717) is 16.3 Å². The van der Waals surface area contributed by atoms with Crippen molar-refractivity contribution in [2.24, 2.45) is 0 Å². The molecule has 6 heteroatoms. The van der Waals surface area contributed by atoms with E-state index in [-0.39, 0.29) is 5.82 Å². The van der Waals surface area contributed by atoms with Gasteiger partial charge in [-0.15, -0.1) is 18.3 Å². The van der Waals surface area contributed by atoms with Gasteiger partial charge >= 0.3 is 5.82 Å². The minimum absolute atomic E-state index is 0.161. The smallest absolute Gasteiger partial charge is 0.377 e. The van der Waals surface area contributed by atoms with Gasteiger partial charge in [-0.3, -0.25) is 0 Å². The summed E-state index contributed by atoms with van der Waals surface area (Å²) in [4.78, 5) is 14.2. The molecule has 1 heterocycles. The van der Waals surface area contributed by atoms with Crippen molar-refractivity contribution in [2.75, 3.05) is 11.5 Å². The maximum absolute atomic E-state index is 10.6. The number of hydrogen-bond donors (Lipinski definition) is 1. The Morgan fingerprint density at radius 2 is 2.50 bits per heavy atom. The number of nitro groups is 1. The van der Waals surface area contributed by atoms with Crippen LogP contribution in [0, 0.1) is 10.1 Å². The monoisotopic (exact) mass is 211 g/mol. The minimum atomic E-state index is -0.523. The third-order valence-corrected chi connectivity index (χ3v) is 2.40. The van der Waals surface area contributed by atoms with Gasteiger partial charge in [0.15, 0.2) is 6.20 Å². The number of anilines is 1. The van der Waals surface area contributed by atoms with Crippen molar-refractivity contribution in [1.82, 2.24) is 4.98 Å². The van der Waals surface area contributed by atoms with Gasteiger partial charge in [-0.2, -0.15) is 0 Å². The highest BCUT2D eigenvalue weighted by molar-refractivity contribution is 7.99. The van der Waals surface area contributed by atoms with Gasteiger partial charge < -0.3 is 15.8 Å². The Hall–Kier alpha value is -1.56. The Bertz CT molecular complexity index is 368. The van der Waals surface area contributed by atoms with Gasteiger partial charge in [0.1, 0.15) is 4.90 Å². The van der Waals surface area contributed by atoms with Gasteiger partial charge in [-0.1, -0.05) is 6.08 Å². The predicted molar refractivity (Wildman–Crippen MR) is 56.2 cm³/mol. The highest BCUT2D eigenvalue weighted by atomic mass is 32.2. The predicted octanol–water partition coefficient (Wildman–Crippen LogP) is 1.85. The van der Waals surface area contributed by atoms with Crippen LogP contribution in [0.5, 0.6) is 0 Å². The molecule has 0 aliphatic heterocycles. The van der Waals surface area contributed by atoms with E-state index in [0.717, 1.165) is 0 Å². The SMILES string of the molecule is C=CCSc1cc(N)cnc1[N+](=O)[O-]. The summed E-state index contributed by atoms with van der Waals surface area (Å²) in [7, 11) is 0. The summed E-state index contributed by atoms with van der Waals surface area (Å²) >= 11 is 1.29. The second-order valence-electron chi connectivity index (χ2n) is 2.45. The molecular formula is C8H9N3O2S. The van der Waals surface area contributed by atoms with Crippen LogP contribution in [0.2, 0.25) is 0 Å². The van der Waals surface area contributed by atoms with Gasteiger partial charge in [0.25, 0.3) is 0 Å². The first-order valence-corrected chi connectivity index (χ1v) is 4.77. The lowest BCUT2D eigenvalue weighted by atomic mass is 10.4. The molecule has 0 amide bonds. The molecule has 0 unspecified atom stereocenters. The molecule has 0 aliphatic carbocycles. The molecule has 0 radical (unpaired) electrons. The quantitative estimate of drug-likeness (QED) is 0.355. The van der Waals surface area contributed by atoms with Crippen LogP contribution in [-0.4, -0.2) is 15.7 Å². The Balaban J connectivity index is 3.02. The van der Waals surface area contributed by atoms with Gasteiger partial charge in [0.05, 0.1) is 5.69 Å². The molecule has 1 aromatic rings. The molecule has 0 fully saturated rings. The fourth-order valence-electron chi connectivity index (χ4n) is 0.845. The van der Waals surface area contributed by atoms with E-state index in [1.807, 2.05) is 0 Å². The molecule has 0 saturated heterocycles. The van der Waals surface area contributed by atoms with Crippen LogP contribution < -0.4 is 5.73 Å². The Labute approximate surface area is 85.2 Å². The molecule has 0 saturated carbocycles. The summed E-state index contributed by atoms with van der Waals surface area (Å²) in [5, 5.41) is 10.6. The lowest BCUT2D eigenvalue weighted by molar-refractivity contribution is -0.392. The molecule has 0 aromatic carbocycles. The number of hydrogen-bond acceptors (Lipinski definition) is 5. The molecule has 14 heavy (non-hydrogen) atoms. The topological polar surface area (TPSA) is 82.0 Å². The highest BCUT2D eigenvalue weighted by Gasteiger charge is 2.15. The lowest BCUT2D eigenvalue weighted by Crippen LogP contribution is -1.96. The van der Waals surface area contributed by atoms with E-state index in [1.54, 1.807) is 12.1 Å². The second kappa shape index (κ2) is 4.61. The highest BCUT2D eigenvalue weighted by Crippen LogP contribution is 2.28. The molecule has 0 atom stereocenters. The van der Waals surface area contributed by atoms with Crippen LogP contribution in [0.4, 0.5) is 11.5 Å². The Morgan fingerprint density at radius 3 is 3.07 bits per heavy atom. The number of pyridine rings is 1. The molecule has 74 valence electrons. The fourth-order valence-corrected chi connectivity index (χ4v) is 1.62. The van der Waals surface area contributed by atoms with Crippen molar-refractivity contribution in [3.8, 4) is 0 Å². The maximum atomic E-state index is 10.6. The Morgan fingerprint density at radius 1 is 1.79 bits per heavy atom. The third-order valence-electron chi connectivity index (χ3n) is 1.38. The largest absolute Gasteiger partial charge is 0.396 e. The van der Waals surface area contributed by atoms with E-state index in [9.17, 15) is 10.1 Å². The van der Waals surface area contributed by atoms with Gasteiger partial charge in [0, 0.05) is 5.75 Å². The van der Waals surface area contributed by atoms with Crippen molar-refractivity contribution < 1.29 is 4.92 Å². The standard InChI is InChI=1S/C8H9N3O2S/c1-2-3-14-7-4-6(9)5-10-8(7)11(12)13/h2,4-5H,1,3,9H2. The van der Waals surface area contributed by atoms with E-state index in [1.165, 1.54) is 18.0 Å². The first-order chi connectivity index (χ1) is 6.65. The van der Waals surface area contributed by atoms with Crippen molar-refractivity contribution in [3.63, 3.8) is 0 Å². The molecule has 1 aromatic heterocycles. The van der Waals surface area contributed by atoms with E-state index < -0.39 is 4.92 Å². The van der Waals surface area contributed by atoms with Crippen LogP contribution in [-0.2, 0) is 0 Å². The van der Waals surface area contributed by atoms with Crippen molar-refractivity contribution in [3.05, 3.63) is 35.0 Å². The zero-order valence-corrected chi connectivity index (χ0v) is 8.16. The minimum Gasteiger partial charge on any atom is -0.396 e. The summed E-state index contributed by atoms with van der Waals surface area (Å²) in [5.41, 5.74) is 5.89. The van der Waals surface area contributed by atoms with E-state index >= 15 is 0 Å². The van der Waals surface area contributed by atoms with E-state index in [4.69, 9.17) is 5.73 Å². The third kappa shape index (κ3) is 2.46. The molecular weight excluding hydrogens is 202 g/mol. The number of rotatable bonds is 4. The number of nitrogen functional groups attached to an aromatic ring is 1. The molecule has 1 rings (SSSR count). The zero-order valence-electron chi connectivity index (χ0n) is 7.34. The molecule has 5 nitrogen and oxygen atoms in total. The van der Waals surface area contributed by atoms with Crippen molar-refractivity contribution in [1.29, 1.82) is 0 Å². The summed E-state index contributed by atoms with van der Waals surface area (Å²) in [6, 6.07) is 1.54. The number of nitrogens with zero attached hydrogens (tertiary/aromatic N) is 2. The average molecular weight is 211 g/mol. The van der Waals surface area contributed by atoms with Gasteiger partial charge in [-0.05, 0) is 16.0 Å².